The second kappa shape index (κ2) is 8.82. The number of hydrazone groups is 1. The van der Waals surface area contributed by atoms with Crippen molar-refractivity contribution in [2.75, 3.05) is 6.61 Å². The van der Waals surface area contributed by atoms with E-state index in [0.717, 1.165) is 20.2 Å². The maximum Gasteiger partial charge on any atom is 0.277 e. The molecule has 0 radical (unpaired) electrons. The van der Waals surface area contributed by atoms with Gasteiger partial charge < -0.3 is 4.74 Å². The Morgan fingerprint density at radius 3 is 2.35 bits per heavy atom. The van der Waals surface area contributed by atoms with E-state index in [1.165, 1.54) is 5.56 Å². The van der Waals surface area contributed by atoms with Crippen LogP contribution >= 0.6 is 31.9 Å². The van der Waals surface area contributed by atoms with E-state index in [4.69, 9.17) is 4.74 Å². The number of ether oxygens (including phenoxy) is 1. The van der Waals surface area contributed by atoms with Gasteiger partial charge in [-0.3, -0.25) is 4.79 Å². The summed E-state index contributed by atoms with van der Waals surface area (Å²) < 4.78 is 7.41. The number of nitrogens with zero attached hydrogens (tertiary/aromatic N) is 1. The van der Waals surface area contributed by atoms with Crippen LogP contribution in [0.5, 0.6) is 5.75 Å². The van der Waals surface area contributed by atoms with Gasteiger partial charge in [0, 0.05) is 4.47 Å². The molecular formula is C20H22Br2N2O2. The standard InChI is InChI=1S/C20H22Br2N2O2/c1-13(14-5-8-16(21)9-6-14)23-24-19(25)12-26-18-10-7-15(11-17(18)22)20(2,3)4/h5-11H,12H2,1-4H3,(H,24,25)/b23-13-. The van der Waals surface area contributed by atoms with Crippen molar-refractivity contribution in [3.8, 4) is 5.75 Å². The van der Waals surface area contributed by atoms with Crippen LogP contribution in [-0.4, -0.2) is 18.2 Å². The number of benzene rings is 2. The molecular weight excluding hydrogens is 460 g/mol. The molecule has 26 heavy (non-hydrogen) atoms. The number of amides is 1. The first-order chi connectivity index (χ1) is 12.2. The average Bonchev–Trinajstić information content (AvgIpc) is 2.58. The summed E-state index contributed by atoms with van der Waals surface area (Å²) in [6.07, 6.45) is 0. The Bertz CT molecular complexity index is 810. The van der Waals surface area contributed by atoms with Crippen molar-refractivity contribution in [2.45, 2.75) is 33.1 Å². The number of hydrogen-bond donors (Lipinski definition) is 1. The highest BCUT2D eigenvalue weighted by Crippen LogP contribution is 2.31. The third-order valence-corrected chi connectivity index (χ3v) is 4.92. The smallest absolute Gasteiger partial charge is 0.277 e. The first kappa shape index (κ1) is 20.6. The molecule has 1 amide bonds. The minimum Gasteiger partial charge on any atom is -0.483 e. The van der Waals surface area contributed by atoms with E-state index in [0.29, 0.717) is 5.75 Å². The summed E-state index contributed by atoms with van der Waals surface area (Å²) in [4.78, 5) is 12.0. The van der Waals surface area contributed by atoms with E-state index >= 15 is 0 Å². The lowest BCUT2D eigenvalue weighted by atomic mass is 9.87. The predicted molar refractivity (Wildman–Crippen MR) is 113 cm³/mol. The van der Waals surface area contributed by atoms with Crippen LogP contribution in [0.25, 0.3) is 0 Å². The Morgan fingerprint density at radius 1 is 1.12 bits per heavy atom. The molecule has 0 spiro atoms. The van der Waals surface area contributed by atoms with Crippen LogP contribution in [0.15, 0.2) is 56.5 Å². The molecule has 0 aromatic heterocycles. The zero-order valence-electron chi connectivity index (χ0n) is 15.3. The minimum absolute atomic E-state index is 0.0533. The molecule has 0 aliphatic rings. The zero-order valence-corrected chi connectivity index (χ0v) is 18.4. The second-order valence-electron chi connectivity index (χ2n) is 6.92. The van der Waals surface area contributed by atoms with Gasteiger partial charge in [0.2, 0.25) is 0 Å². The van der Waals surface area contributed by atoms with Crippen LogP contribution in [0.1, 0.15) is 38.8 Å². The predicted octanol–water partition coefficient (Wildman–Crippen LogP) is 5.43. The number of hydrogen-bond acceptors (Lipinski definition) is 3. The molecule has 0 bridgehead atoms. The van der Waals surface area contributed by atoms with Crippen molar-refractivity contribution in [3.63, 3.8) is 0 Å². The average molecular weight is 482 g/mol. The van der Waals surface area contributed by atoms with Crippen molar-refractivity contribution in [1.29, 1.82) is 0 Å². The van der Waals surface area contributed by atoms with E-state index in [1.54, 1.807) is 0 Å². The van der Waals surface area contributed by atoms with Crippen LogP contribution in [0.4, 0.5) is 0 Å². The fourth-order valence-corrected chi connectivity index (χ4v) is 2.92. The topological polar surface area (TPSA) is 50.7 Å². The highest BCUT2D eigenvalue weighted by Gasteiger charge is 2.15. The van der Waals surface area contributed by atoms with E-state index < -0.39 is 0 Å². The second-order valence-corrected chi connectivity index (χ2v) is 8.69. The van der Waals surface area contributed by atoms with E-state index in [1.807, 2.05) is 49.4 Å². The highest BCUT2D eigenvalue weighted by molar-refractivity contribution is 9.10. The van der Waals surface area contributed by atoms with E-state index in [9.17, 15) is 4.79 Å². The summed E-state index contributed by atoms with van der Waals surface area (Å²) in [7, 11) is 0. The first-order valence-electron chi connectivity index (χ1n) is 8.19. The van der Waals surface area contributed by atoms with Gasteiger partial charge in [0.25, 0.3) is 5.91 Å². The molecule has 2 aromatic carbocycles. The van der Waals surface area contributed by atoms with Crippen molar-refractivity contribution in [3.05, 3.63) is 62.5 Å². The minimum atomic E-state index is -0.312. The Hall–Kier alpha value is -1.66. The SMILES string of the molecule is C/C(=N/NC(=O)COc1ccc(C(C)(C)C)cc1Br)c1ccc(Br)cc1. The normalized spacial score (nSPS) is 12.0. The molecule has 2 aromatic rings. The van der Waals surface area contributed by atoms with Crippen LogP contribution in [0.2, 0.25) is 0 Å². The quantitative estimate of drug-likeness (QED) is 0.457. The Balaban J connectivity index is 1.92. The van der Waals surface area contributed by atoms with Gasteiger partial charge in [0.05, 0.1) is 10.2 Å². The summed E-state index contributed by atoms with van der Waals surface area (Å²) in [6.45, 7) is 8.17. The van der Waals surface area contributed by atoms with Crippen molar-refractivity contribution in [2.24, 2.45) is 5.10 Å². The van der Waals surface area contributed by atoms with Crippen LogP contribution < -0.4 is 10.2 Å². The zero-order chi connectivity index (χ0) is 19.3. The molecule has 138 valence electrons. The maximum absolute atomic E-state index is 12.0. The van der Waals surface area contributed by atoms with Crippen molar-refractivity contribution >= 4 is 43.5 Å². The number of rotatable bonds is 5. The lowest BCUT2D eigenvalue weighted by Gasteiger charge is -2.20. The van der Waals surface area contributed by atoms with Gasteiger partial charge >= 0.3 is 0 Å². The third kappa shape index (κ3) is 5.95. The van der Waals surface area contributed by atoms with Gasteiger partial charge in [-0.05, 0) is 63.7 Å². The van der Waals surface area contributed by atoms with Crippen LogP contribution in [0, 0.1) is 0 Å². The third-order valence-electron chi connectivity index (χ3n) is 3.77. The molecule has 1 N–H and O–H groups in total. The molecule has 0 unspecified atom stereocenters. The fourth-order valence-electron chi connectivity index (χ4n) is 2.16. The summed E-state index contributed by atoms with van der Waals surface area (Å²) in [5.74, 6) is 0.315. The molecule has 2 rings (SSSR count). The molecule has 0 saturated heterocycles. The van der Waals surface area contributed by atoms with E-state index in [-0.39, 0.29) is 17.9 Å². The van der Waals surface area contributed by atoms with Crippen molar-refractivity contribution < 1.29 is 9.53 Å². The molecule has 0 fully saturated rings. The van der Waals surface area contributed by atoms with Crippen LogP contribution in [0.3, 0.4) is 0 Å². The number of carbonyl (C=O) groups excluding carboxylic acids is 1. The van der Waals surface area contributed by atoms with Gasteiger partial charge in [0.15, 0.2) is 6.61 Å². The summed E-state index contributed by atoms with van der Waals surface area (Å²) in [5, 5.41) is 4.12. The largest absolute Gasteiger partial charge is 0.483 e. The Labute approximate surface area is 171 Å². The van der Waals surface area contributed by atoms with Gasteiger partial charge in [-0.15, -0.1) is 0 Å². The van der Waals surface area contributed by atoms with Crippen molar-refractivity contribution in [1.82, 2.24) is 5.43 Å². The monoisotopic (exact) mass is 480 g/mol. The maximum atomic E-state index is 12.0. The summed E-state index contributed by atoms with van der Waals surface area (Å²) in [5.41, 5.74) is 5.43. The van der Waals surface area contributed by atoms with Gasteiger partial charge in [0.1, 0.15) is 5.75 Å². The molecule has 4 nitrogen and oxygen atoms in total. The molecule has 0 atom stereocenters. The Morgan fingerprint density at radius 2 is 1.77 bits per heavy atom. The van der Waals surface area contributed by atoms with E-state index in [2.05, 4.69) is 63.2 Å². The lowest BCUT2D eigenvalue weighted by Crippen LogP contribution is -2.25. The molecule has 0 saturated carbocycles. The summed E-state index contributed by atoms with van der Waals surface area (Å²) >= 11 is 6.89. The van der Waals surface area contributed by atoms with Crippen LogP contribution in [-0.2, 0) is 10.2 Å². The summed E-state index contributed by atoms with van der Waals surface area (Å²) in [6, 6.07) is 13.6. The van der Waals surface area contributed by atoms with Gasteiger partial charge in [-0.1, -0.05) is 54.9 Å². The fraction of sp³-hybridized carbons (Fsp3) is 0.300. The number of halogens is 2. The molecule has 0 aliphatic heterocycles. The molecule has 0 heterocycles. The first-order valence-corrected chi connectivity index (χ1v) is 9.77. The number of carbonyl (C=O) groups is 1. The Kier molecular flexibility index (Phi) is 7.01. The highest BCUT2D eigenvalue weighted by atomic mass is 79.9. The molecule has 0 aliphatic carbocycles. The number of nitrogens with one attached hydrogen (secondary N) is 1. The lowest BCUT2D eigenvalue weighted by molar-refractivity contribution is -0.123. The van der Waals surface area contributed by atoms with Gasteiger partial charge in [-0.2, -0.15) is 5.10 Å². The molecule has 6 heteroatoms. The van der Waals surface area contributed by atoms with Gasteiger partial charge in [-0.25, -0.2) is 5.43 Å².